The highest BCUT2D eigenvalue weighted by Crippen LogP contribution is 2.42. The lowest BCUT2D eigenvalue weighted by molar-refractivity contribution is 0.250. The Balaban J connectivity index is 1.41. The summed E-state index contributed by atoms with van der Waals surface area (Å²) < 4.78 is 25.3. The second-order valence-corrected chi connectivity index (χ2v) is 16.3. The van der Waals surface area contributed by atoms with Crippen molar-refractivity contribution in [3.05, 3.63) is 56.8 Å². The Bertz CT molecular complexity index is 1840. The normalized spacial score (nSPS) is 18.0. The summed E-state index contributed by atoms with van der Waals surface area (Å²) in [7, 11) is 10.2. The molecule has 5 rings (SSSR count). The SMILES string of the molecule is COc1c(OCCCCN2CC[C@H](N(C)C)C2)cc2oc3cc(OCCCCN4CC[C@H](N(C)C)C4)c(CC=C(C)C)c(O)c3c(=O)c2c1CC=C(C)C. The van der Waals surface area contributed by atoms with E-state index in [9.17, 15) is 9.90 Å². The molecule has 3 aromatic rings. The van der Waals surface area contributed by atoms with Crippen molar-refractivity contribution in [3.8, 4) is 23.0 Å². The van der Waals surface area contributed by atoms with Crippen LogP contribution in [0, 0.1) is 0 Å². The molecular formula is C44H66N4O6. The molecule has 3 heterocycles. The van der Waals surface area contributed by atoms with Crippen LogP contribution in [0.3, 0.4) is 0 Å². The van der Waals surface area contributed by atoms with Gasteiger partial charge in [0.25, 0.3) is 0 Å². The van der Waals surface area contributed by atoms with Crippen LogP contribution in [-0.2, 0) is 12.8 Å². The van der Waals surface area contributed by atoms with Crippen molar-refractivity contribution < 1.29 is 23.7 Å². The van der Waals surface area contributed by atoms with Gasteiger partial charge in [-0.05, 0) is 133 Å². The van der Waals surface area contributed by atoms with Crippen molar-refractivity contribution >= 4 is 21.9 Å². The lowest BCUT2D eigenvalue weighted by atomic mass is 9.98. The van der Waals surface area contributed by atoms with Crippen molar-refractivity contribution in [2.75, 3.05) is 87.8 Å². The van der Waals surface area contributed by atoms with Crippen LogP contribution in [0.15, 0.2) is 44.6 Å². The molecule has 2 fully saturated rings. The van der Waals surface area contributed by atoms with Crippen LogP contribution in [0.1, 0.15) is 77.3 Å². The zero-order chi connectivity index (χ0) is 38.9. The zero-order valence-corrected chi connectivity index (χ0v) is 34.6. The van der Waals surface area contributed by atoms with Crippen molar-refractivity contribution in [3.63, 3.8) is 0 Å². The molecule has 2 aromatic carbocycles. The van der Waals surface area contributed by atoms with Gasteiger partial charge in [0, 0.05) is 48.4 Å². The number of nitrogens with zero attached hydrogens (tertiary/aromatic N) is 4. The lowest BCUT2D eigenvalue weighted by Gasteiger charge is -2.20. The predicted octanol–water partition coefficient (Wildman–Crippen LogP) is 7.27. The summed E-state index contributed by atoms with van der Waals surface area (Å²) in [6, 6.07) is 4.81. The molecule has 54 heavy (non-hydrogen) atoms. The van der Waals surface area contributed by atoms with Gasteiger partial charge in [0.1, 0.15) is 28.1 Å². The topological polar surface area (TPSA) is 91.1 Å². The number of allylic oxidation sites excluding steroid dienone is 4. The number of likely N-dealkylation sites (N-methyl/N-ethyl adjacent to an activating group) is 2. The maximum atomic E-state index is 14.5. The maximum Gasteiger partial charge on any atom is 0.204 e. The van der Waals surface area contributed by atoms with Crippen molar-refractivity contribution in [2.45, 2.75) is 91.1 Å². The highest BCUT2D eigenvalue weighted by molar-refractivity contribution is 5.98. The molecule has 2 saturated heterocycles. The van der Waals surface area contributed by atoms with Gasteiger partial charge in [-0.3, -0.25) is 4.79 Å². The van der Waals surface area contributed by atoms with Gasteiger partial charge < -0.3 is 43.3 Å². The van der Waals surface area contributed by atoms with Gasteiger partial charge in [0.2, 0.25) is 5.43 Å². The van der Waals surface area contributed by atoms with E-state index in [2.05, 4.69) is 53.9 Å². The largest absolute Gasteiger partial charge is 0.507 e. The number of rotatable bonds is 19. The Labute approximate surface area is 323 Å². The minimum Gasteiger partial charge on any atom is -0.507 e. The molecule has 0 radical (unpaired) electrons. The number of hydrogen-bond acceptors (Lipinski definition) is 10. The second-order valence-electron chi connectivity index (χ2n) is 16.3. The van der Waals surface area contributed by atoms with Crippen LogP contribution >= 0.6 is 0 Å². The predicted molar refractivity (Wildman–Crippen MR) is 221 cm³/mol. The minimum atomic E-state index is -0.293. The Morgan fingerprint density at radius 2 is 1.28 bits per heavy atom. The fourth-order valence-electron chi connectivity index (χ4n) is 7.78. The summed E-state index contributed by atoms with van der Waals surface area (Å²) in [5.41, 5.74) is 3.91. The Morgan fingerprint density at radius 3 is 1.78 bits per heavy atom. The molecule has 10 nitrogen and oxygen atoms in total. The van der Waals surface area contributed by atoms with Gasteiger partial charge in [0.05, 0.1) is 25.7 Å². The number of phenols is 1. The fourth-order valence-corrected chi connectivity index (χ4v) is 7.78. The number of ether oxygens (including phenoxy) is 3. The minimum absolute atomic E-state index is 0.0928. The molecule has 298 valence electrons. The first kappa shape index (κ1) is 41.6. The summed E-state index contributed by atoms with van der Waals surface area (Å²) in [6.45, 7) is 15.7. The van der Waals surface area contributed by atoms with Crippen LogP contribution in [-0.4, -0.2) is 125 Å². The van der Waals surface area contributed by atoms with E-state index in [1.54, 1.807) is 19.2 Å². The molecule has 0 bridgehead atoms. The summed E-state index contributed by atoms with van der Waals surface area (Å²) in [4.78, 5) is 24.2. The molecule has 0 saturated carbocycles. The van der Waals surface area contributed by atoms with E-state index in [-0.39, 0.29) is 16.6 Å². The monoisotopic (exact) mass is 746 g/mol. The summed E-state index contributed by atoms with van der Waals surface area (Å²) in [5.74, 6) is 1.52. The van der Waals surface area contributed by atoms with Crippen molar-refractivity contribution in [2.24, 2.45) is 0 Å². The Hall–Kier alpha value is -3.57. The molecule has 0 unspecified atom stereocenters. The van der Waals surface area contributed by atoms with Gasteiger partial charge in [-0.1, -0.05) is 23.3 Å². The molecule has 1 N–H and O–H groups in total. The average molecular weight is 747 g/mol. The number of methoxy groups -OCH3 is 1. The van der Waals surface area contributed by atoms with Crippen LogP contribution in [0.25, 0.3) is 21.9 Å². The average Bonchev–Trinajstić information content (AvgIpc) is 3.80. The number of hydrogen-bond donors (Lipinski definition) is 1. The van der Waals surface area contributed by atoms with Crippen LogP contribution in [0.5, 0.6) is 23.0 Å². The highest BCUT2D eigenvalue weighted by atomic mass is 16.5. The number of phenolic OH excluding ortho intramolecular Hbond substituents is 1. The first-order chi connectivity index (χ1) is 25.9. The number of benzene rings is 2. The summed E-state index contributed by atoms with van der Waals surface area (Å²) >= 11 is 0. The summed E-state index contributed by atoms with van der Waals surface area (Å²) in [6.07, 6.45) is 11.3. The van der Waals surface area contributed by atoms with E-state index in [0.29, 0.717) is 83.1 Å². The number of aromatic hydroxyl groups is 1. The maximum absolute atomic E-state index is 14.5. The first-order valence-corrected chi connectivity index (χ1v) is 20.0. The van der Waals surface area contributed by atoms with Gasteiger partial charge in [-0.15, -0.1) is 0 Å². The van der Waals surface area contributed by atoms with E-state index >= 15 is 0 Å². The Morgan fingerprint density at radius 1 is 0.778 bits per heavy atom. The number of fused-ring (bicyclic) bond motifs is 2. The van der Waals surface area contributed by atoms with Crippen molar-refractivity contribution in [1.82, 2.24) is 19.6 Å². The Kier molecular flexibility index (Phi) is 14.9. The van der Waals surface area contributed by atoms with Gasteiger partial charge >= 0.3 is 0 Å². The number of unbranched alkanes of at least 4 members (excludes halogenated alkanes) is 2. The quantitative estimate of drug-likeness (QED) is 0.0768. The van der Waals surface area contributed by atoms with E-state index < -0.39 is 0 Å². The van der Waals surface area contributed by atoms with E-state index in [1.807, 2.05) is 33.8 Å². The third kappa shape index (κ3) is 10.4. The highest BCUT2D eigenvalue weighted by Gasteiger charge is 2.26. The first-order valence-electron chi connectivity index (χ1n) is 20.0. The molecule has 0 spiro atoms. The summed E-state index contributed by atoms with van der Waals surface area (Å²) in [5, 5.41) is 12.4. The van der Waals surface area contributed by atoms with E-state index in [4.69, 9.17) is 18.6 Å². The van der Waals surface area contributed by atoms with Gasteiger partial charge in [-0.25, -0.2) is 0 Å². The molecular weight excluding hydrogens is 681 g/mol. The smallest absolute Gasteiger partial charge is 0.204 e. The van der Waals surface area contributed by atoms with Gasteiger partial charge in [-0.2, -0.15) is 0 Å². The molecule has 2 atom stereocenters. The third-order valence-corrected chi connectivity index (χ3v) is 11.2. The molecule has 2 aliphatic heterocycles. The molecule has 10 heteroatoms. The molecule has 2 aliphatic rings. The standard InChI is InChI=1S/C44H66N4O6/c1-30(2)14-16-34-36(52-24-12-10-20-47-22-18-32(28-47)45(5)6)26-38-41(42(34)49)43(50)40-35(17-15-31(3)4)44(51-9)39(27-37(40)54-38)53-25-13-11-21-48-23-19-33(29-48)46(7)8/h14-15,26-27,32-33,49H,10-13,16-25,28-29H2,1-9H3/t32-,33-/m0/s1. The third-order valence-electron chi connectivity index (χ3n) is 11.2. The van der Waals surface area contributed by atoms with Crippen molar-refractivity contribution in [1.29, 1.82) is 0 Å². The van der Waals surface area contributed by atoms with Gasteiger partial charge in [0.15, 0.2) is 11.5 Å². The zero-order valence-electron chi connectivity index (χ0n) is 34.6. The molecule has 0 aliphatic carbocycles. The second kappa shape index (κ2) is 19.3. The van der Waals surface area contributed by atoms with E-state index in [0.717, 1.165) is 76.1 Å². The fraction of sp³-hybridized carbons (Fsp3) is 0.614. The van der Waals surface area contributed by atoms with Crippen LogP contribution in [0.2, 0.25) is 0 Å². The number of likely N-dealkylation sites (tertiary alicyclic amines) is 2. The van der Waals surface area contributed by atoms with Crippen LogP contribution in [0.4, 0.5) is 0 Å². The van der Waals surface area contributed by atoms with E-state index in [1.165, 1.54) is 12.8 Å². The lowest BCUT2D eigenvalue weighted by Crippen LogP contribution is -2.31. The van der Waals surface area contributed by atoms with Crippen LogP contribution < -0.4 is 19.6 Å². The molecule has 1 aromatic heterocycles. The molecule has 0 amide bonds.